The lowest BCUT2D eigenvalue weighted by Crippen LogP contribution is -2.17. The van der Waals surface area contributed by atoms with Crippen molar-refractivity contribution in [1.29, 1.82) is 0 Å². The SMILES string of the molecule is C=CCc1cc(/C=N\NC(=O)c2ccc(Cl)cc2)cc(OCC)c1OCc1ccc(F)cc1. The van der Waals surface area contributed by atoms with Gasteiger partial charge in [-0.05, 0) is 73.0 Å². The van der Waals surface area contributed by atoms with Gasteiger partial charge in [-0.1, -0.05) is 29.8 Å². The highest BCUT2D eigenvalue weighted by molar-refractivity contribution is 6.30. The molecule has 1 N–H and O–H groups in total. The average Bonchev–Trinajstić information content (AvgIpc) is 2.80. The fraction of sp³-hybridized carbons (Fsp3) is 0.154. The molecule has 0 radical (unpaired) electrons. The van der Waals surface area contributed by atoms with Gasteiger partial charge in [0.15, 0.2) is 11.5 Å². The van der Waals surface area contributed by atoms with Gasteiger partial charge in [-0.15, -0.1) is 6.58 Å². The van der Waals surface area contributed by atoms with Crippen LogP contribution in [0.1, 0.15) is 34.0 Å². The maximum absolute atomic E-state index is 13.2. The van der Waals surface area contributed by atoms with Gasteiger partial charge >= 0.3 is 0 Å². The molecule has 7 heteroatoms. The van der Waals surface area contributed by atoms with Crippen LogP contribution in [0, 0.1) is 5.82 Å². The Bertz CT molecular complexity index is 1130. The number of allylic oxidation sites excluding steroid dienone is 1. The van der Waals surface area contributed by atoms with Gasteiger partial charge in [0.25, 0.3) is 5.91 Å². The second-order valence-corrected chi connectivity index (χ2v) is 7.49. The van der Waals surface area contributed by atoms with Gasteiger partial charge in [-0.25, -0.2) is 9.82 Å². The standard InChI is InChI=1S/C26H24ClFN2O3/c1-3-5-21-14-19(16-29-30-26(31)20-8-10-22(27)11-9-20)15-24(32-4-2)25(21)33-17-18-6-12-23(28)13-7-18/h3,6-16H,1,4-5,17H2,2H3,(H,30,31)/b29-16-. The van der Waals surface area contributed by atoms with Crippen molar-refractivity contribution in [3.05, 3.63) is 106 Å². The van der Waals surface area contributed by atoms with E-state index < -0.39 is 0 Å². The first kappa shape index (κ1) is 24.0. The van der Waals surface area contributed by atoms with Crippen LogP contribution in [0.15, 0.2) is 78.4 Å². The quantitative estimate of drug-likeness (QED) is 0.228. The number of ether oxygens (including phenoxy) is 2. The molecule has 0 saturated carbocycles. The number of benzene rings is 3. The zero-order valence-corrected chi connectivity index (χ0v) is 18.9. The summed E-state index contributed by atoms with van der Waals surface area (Å²) in [7, 11) is 0. The van der Waals surface area contributed by atoms with Crippen molar-refractivity contribution >= 4 is 23.7 Å². The van der Waals surface area contributed by atoms with E-state index in [1.54, 1.807) is 48.5 Å². The van der Waals surface area contributed by atoms with Crippen LogP contribution in [-0.4, -0.2) is 18.7 Å². The predicted octanol–water partition coefficient (Wildman–Crippen LogP) is 5.95. The summed E-state index contributed by atoms with van der Waals surface area (Å²) in [6.45, 7) is 6.39. The molecular weight excluding hydrogens is 443 g/mol. The molecule has 0 aliphatic heterocycles. The summed E-state index contributed by atoms with van der Waals surface area (Å²) in [5.74, 6) is 0.485. The summed E-state index contributed by atoms with van der Waals surface area (Å²) in [6.07, 6.45) is 3.84. The molecular formula is C26H24ClFN2O3. The van der Waals surface area contributed by atoms with Gasteiger partial charge in [-0.3, -0.25) is 4.79 Å². The second-order valence-electron chi connectivity index (χ2n) is 7.05. The van der Waals surface area contributed by atoms with Crippen LogP contribution in [0.3, 0.4) is 0 Å². The summed E-state index contributed by atoms with van der Waals surface area (Å²) in [4.78, 5) is 12.2. The largest absolute Gasteiger partial charge is 0.490 e. The van der Waals surface area contributed by atoms with Crippen LogP contribution < -0.4 is 14.9 Å². The van der Waals surface area contributed by atoms with Gasteiger partial charge in [-0.2, -0.15) is 5.10 Å². The van der Waals surface area contributed by atoms with E-state index in [0.717, 1.165) is 16.7 Å². The van der Waals surface area contributed by atoms with E-state index in [-0.39, 0.29) is 18.3 Å². The van der Waals surface area contributed by atoms with Gasteiger partial charge < -0.3 is 9.47 Å². The van der Waals surface area contributed by atoms with E-state index >= 15 is 0 Å². The molecule has 0 unspecified atom stereocenters. The topological polar surface area (TPSA) is 59.9 Å². The van der Waals surface area contributed by atoms with Crippen molar-refractivity contribution < 1.29 is 18.7 Å². The van der Waals surface area contributed by atoms with Crippen LogP contribution in [0.4, 0.5) is 4.39 Å². The molecule has 3 rings (SSSR count). The maximum atomic E-state index is 13.2. The minimum Gasteiger partial charge on any atom is -0.490 e. The van der Waals surface area contributed by atoms with Gasteiger partial charge in [0, 0.05) is 16.1 Å². The van der Waals surface area contributed by atoms with Crippen LogP contribution in [0.25, 0.3) is 0 Å². The Balaban J connectivity index is 1.79. The molecule has 1 amide bonds. The number of rotatable bonds is 10. The molecule has 0 saturated heterocycles. The first-order valence-electron chi connectivity index (χ1n) is 10.4. The van der Waals surface area contributed by atoms with Crippen LogP contribution in [0.5, 0.6) is 11.5 Å². The number of nitrogens with zero attached hydrogens (tertiary/aromatic N) is 1. The first-order chi connectivity index (χ1) is 16.0. The molecule has 3 aromatic carbocycles. The van der Waals surface area contributed by atoms with Crippen molar-refractivity contribution in [2.24, 2.45) is 5.10 Å². The number of carbonyl (C=O) groups is 1. The number of carbonyl (C=O) groups excluding carboxylic acids is 1. The van der Waals surface area contributed by atoms with Crippen molar-refractivity contribution in [2.75, 3.05) is 6.61 Å². The lowest BCUT2D eigenvalue weighted by atomic mass is 10.1. The highest BCUT2D eigenvalue weighted by Crippen LogP contribution is 2.34. The van der Waals surface area contributed by atoms with Crippen molar-refractivity contribution in [1.82, 2.24) is 5.43 Å². The Morgan fingerprint density at radius 1 is 1.12 bits per heavy atom. The van der Waals surface area contributed by atoms with Gasteiger partial charge in [0.05, 0.1) is 12.8 Å². The summed E-state index contributed by atoms with van der Waals surface area (Å²) < 4.78 is 25.0. The molecule has 0 fully saturated rings. The molecule has 0 atom stereocenters. The fourth-order valence-corrected chi connectivity index (χ4v) is 3.19. The Labute approximate surface area is 197 Å². The van der Waals surface area contributed by atoms with E-state index in [4.69, 9.17) is 21.1 Å². The molecule has 3 aromatic rings. The fourth-order valence-electron chi connectivity index (χ4n) is 3.06. The zero-order valence-electron chi connectivity index (χ0n) is 18.2. The third kappa shape index (κ3) is 6.92. The number of hydrogen-bond acceptors (Lipinski definition) is 4. The lowest BCUT2D eigenvalue weighted by molar-refractivity contribution is 0.0955. The molecule has 0 aromatic heterocycles. The third-order valence-electron chi connectivity index (χ3n) is 4.60. The smallest absolute Gasteiger partial charge is 0.271 e. The van der Waals surface area contributed by atoms with Gasteiger partial charge in [0.1, 0.15) is 12.4 Å². The van der Waals surface area contributed by atoms with Crippen LogP contribution in [-0.2, 0) is 13.0 Å². The first-order valence-corrected chi connectivity index (χ1v) is 10.7. The van der Waals surface area contributed by atoms with Crippen LogP contribution in [0.2, 0.25) is 5.02 Å². The van der Waals surface area contributed by atoms with E-state index in [9.17, 15) is 9.18 Å². The maximum Gasteiger partial charge on any atom is 0.271 e. The highest BCUT2D eigenvalue weighted by atomic mass is 35.5. The Kier molecular flexibility index (Phi) is 8.61. The van der Waals surface area contributed by atoms with Crippen LogP contribution >= 0.6 is 11.6 Å². The van der Waals surface area contributed by atoms with E-state index in [1.165, 1.54) is 18.3 Å². The van der Waals surface area contributed by atoms with E-state index in [2.05, 4.69) is 17.1 Å². The third-order valence-corrected chi connectivity index (χ3v) is 4.85. The molecule has 170 valence electrons. The number of hydrogen-bond donors (Lipinski definition) is 1. The van der Waals surface area contributed by atoms with Crippen molar-refractivity contribution in [3.8, 4) is 11.5 Å². The van der Waals surface area contributed by atoms with Crippen molar-refractivity contribution in [3.63, 3.8) is 0 Å². The molecule has 5 nitrogen and oxygen atoms in total. The summed E-state index contributed by atoms with van der Waals surface area (Å²) in [5, 5.41) is 4.61. The normalized spacial score (nSPS) is 10.8. The molecule has 0 aliphatic carbocycles. The number of halogens is 2. The monoisotopic (exact) mass is 466 g/mol. The number of amides is 1. The Morgan fingerprint density at radius 3 is 2.52 bits per heavy atom. The van der Waals surface area contributed by atoms with E-state index in [1.807, 2.05) is 13.0 Å². The molecule has 0 heterocycles. The van der Waals surface area contributed by atoms with Gasteiger partial charge in [0.2, 0.25) is 0 Å². The average molecular weight is 467 g/mol. The summed E-state index contributed by atoms with van der Waals surface area (Å²) in [5.41, 5.74) is 5.35. The minimum atomic E-state index is -0.349. The number of nitrogens with one attached hydrogen (secondary N) is 1. The predicted molar refractivity (Wildman–Crippen MR) is 129 cm³/mol. The lowest BCUT2D eigenvalue weighted by Gasteiger charge is -2.17. The molecule has 0 aliphatic rings. The second kappa shape index (κ2) is 11.8. The molecule has 33 heavy (non-hydrogen) atoms. The zero-order chi connectivity index (χ0) is 23.6. The minimum absolute atomic E-state index is 0.259. The summed E-state index contributed by atoms with van der Waals surface area (Å²) in [6, 6.07) is 16.3. The van der Waals surface area contributed by atoms with E-state index in [0.29, 0.717) is 35.1 Å². The Morgan fingerprint density at radius 2 is 1.85 bits per heavy atom. The van der Waals surface area contributed by atoms with Crippen molar-refractivity contribution in [2.45, 2.75) is 20.0 Å². The number of hydrazone groups is 1. The molecule has 0 spiro atoms. The molecule has 0 bridgehead atoms. The highest BCUT2D eigenvalue weighted by Gasteiger charge is 2.13. The summed E-state index contributed by atoms with van der Waals surface area (Å²) >= 11 is 5.85. The Hall–Kier alpha value is -3.64.